The van der Waals surface area contributed by atoms with E-state index < -0.39 is 5.60 Å². The quantitative estimate of drug-likeness (QED) is 0.856. The topological polar surface area (TPSA) is 41.6 Å². The molecule has 0 aromatic carbocycles. The molecule has 3 fully saturated rings. The van der Waals surface area contributed by atoms with Crippen LogP contribution >= 0.6 is 0 Å². The van der Waals surface area contributed by atoms with Crippen LogP contribution in [0.5, 0.6) is 0 Å². The summed E-state index contributed by atoms with van der Waals surface area (Å²) in [6, 6.07) is 0.970. The smallest absolute Gasteiger partial charge is 0.410 e. The van der Waals surface area contributed by atoms with Gasteiger partial charge >= 0.3 is 6.09 Å². The molecule has 1 amide bonds. The number of hydrogen-bond donors (Lipinski definition) is 1. The first-order valence-corrected chi connectivity index (χ1v) is 9.58. The molecule has 0 aromatic rings. The monoisotopic (exact) mass is 322 g/mol. The van der Waals surface area contributed by atoms with Gasteiger partial charge in [-0.15, -0.1) is 0 Å². The van der Waals surface area contributed by atoms with Crippen LogP contribution in [-0.4, -0.2) is 41.8 Å². The zero-order chi connectivity index (χ0) is 16.6. The van der Waals surface area contributed by atoms with Gasteiger partial charge in [-0.25, -0.2) is 4.79 Å². The normalized spacial score (nSPS) is 37.2. The fourth-order valence-electron chi connectivity index (χ4n) is 4.47. The summed E-state index contributed by atoms with van der Waals surface area (Å²) in [4.78, 5) is 14.6. The molecule has 0 radical (unpaired) electrons. The van der Waals surface area contributed by atoms with E-state index in [-0.39, 0.29) is 6.09 Å². The number of amides is 1. The minimum Gasteiger partial charge on any atom is -0.444 e. The Balaban J connectivity index is 1.58. The van der Waals surface area contributed by atoms with Crippen molar-refractivity contribution in [2.45, 2.75) is 83.9 Å². The van der Waals surface area contributed by atoms with E-state index in [4.69, 9.17) is 4.74 Å². The minimum absolute atomic E-state index is 0.110. The van der Waals surface area contributed by atoms with E-state index >= 15 is 0 Å². The first-order valence-electron chi connectivity index (χ1n) is 9.58. The average Bonchev–Trinajstić information content (AvgIpc) is 2.90. The SMILES string of the molecule is CC1CC1CNC1CCCC1C1CCCN1C(=O)OC(C)(C)C. The van der Waals surface area contributed by atoms with Crippen LogP contribution in [0, 0.1) is 17.8 Å². The second kappa shape index (κ2) is 6.62. The van der Waals surface area contributed by atoms with Gasteiger partial charge < -0.3 is 15.0 Å². The summed E-state index contributed by atoms with van der Waals surface area (Å²) in [5, 5.41) is 3.83. The van der Waals surface area contributed by atoms with Crippen molar-refractivity contribution in [1.29, 1.82) is 0 Å². The van der Waals surface area contributed by atoms with E-state index in [1.54, 1.807) is 0 Å². The van der Waals surface area contributed by atoms with Crippen molar-refractivity contribution in [3.8, 4) is 0 Å². The molecule has 1 aliphatic heterocycles. The molecule has 2 aliphatic carbocycles. The van der Waals surface area contributed by atoms with Gasteiger partial charge in [0.05, 0.1) is 0 Å². The summed E-state index contributed by atoms with van der Waals surface area (Å²) in [5.74, 6) is 2.41. The Hall–Kier alpha value is -0.770. The van der Waals surface area contributed by atoms with Gasteiger partial charge in [-0.05, 0) is 77.2 Å². The zero-order valence-corrected chi connectivity index (χ0v) is 15.3. The van der Waals surface area contributed by atoms with Gasteiger partial charge in [0, 0.05) is 18.6 Å². The molecular formula is C19H34N2O2. The number of nitrogens with one attached hydrogen (secondary N) is 1. The second-order valence-electron chi connectivity index (χ2n) is 8.97. The van der Waals surface area contributed by atoms with Crippen LogP contribution in [-0.2, 0) is 4.74 Å². The highest BCUT2D eigenvalue weighted by Crippen LogP contribution is 2.39. The summed E-state index contributed by atoms with van der Waals surface area (Å²) in [6.07, 6.45) is 7.35. The van der Waals surface area contributed by atoms with E-state index in [9.17, 15) is 4.79 Å². The number of rotatable bonds is 4. The van der Waals surface area contributed by atoms with Crippen molar-refractivity contribution in [3.05, 3.63) is 0 Å². The summed E-state index contributed by atoms with van der Waals surface area (Å²) >= 11 is 0. The third-order valence-corrected chi connectivity index (χ3v) is 5.91. The molecule has 0 bridgehead atoms. The first-order chi connectivity index (χ1) is 10.8. The Bertz CT molecular complexity index is 432. The van der Waals surface area contributed by atoms with Crippen LogP contribution in [0.3, 0.4) is 0 Å². The number of carbonyl (C=O) groups is 1. The van der Waals surface area contributed by atoms with E-state index in [0.29, 0.717) is 18.0 Å². The molecule has 5 unspecified atom stereocenters. The molecule has 1 saturated heterocycles. The molecule has 3 aliphatic rings. The van der Waals surface area contributed by atoms with Crippen molar-refractivity contribution in [2.75, 3.05) is 13.1 Å². The number of hydrogen-bond acceptors (Lipinski definition) is 3. The maximum atomic E-state index is 12.5. The van der Waals surface area contributed by atoms with Crippen LogP contribution < -0.4 is 5.32 Å². The highest BCUT2D eigenvalue weighted by atomic mass is 16.6. The molecule has 2 saturated carbocycles. The number of likely N-dealkylation sites (tertiary alicyclic amines) is 1. The molecular weight excluding hydrogens is 288 g/mol. The fourth-order valence-corrected chi connectivity index (χ4v) is 4.47. The standard InChI is InChI=1S/C19H34N2O2/c1-13-11-14(13)12-20-16-8-5-7-15(16)17-9-6-10-21(17)18(22)23-19(2,3)4/h13-17,20H,5-12H2,1-4H3. The molecule has 4 nitrogen and oxygen atoms in total. The lowest BCUT2D eigenvalue weighted by Crippen LogP contribution is -2.48. The van der Waals surface area contributed by atoms with Crippen molar-refractivity contribution < 1.29 is 9.53 Å². The molecule has 23 heavy (non-hydrogen) atoms. The van der Waals surface area contributed by atoms with Gasteiger partial charge in [0.25, 0.3) is 0 Å². The van der Waals surface area contributed by atoms with Crippen LogP contribution in [0.4, 0.5) is 4.79 Å². The largest absolute Gasteiger partial charge is 0.444 e. The highest BCUT2D eigenvalue weighted by molar-refractivity contribution is 5.69. The van der Waals surface area contributed by atoms with E-state index in [1.165, 1.54) is 32.2 Å². The van der Waals surface area contributed by atoms with Gasteiger partial charge in [-0.2, -0.15) is 0 Å². The van der Waals surface area contributed by atoms with Gasteiger partial charge in [0.15, 0.2) is 0 Å². The predicted molar refractivity (Wildman–Crippen MR) is 92.4 cm³/mol. The Morgan fingerprint density at radius 3 is 2.61 bits per heavy atom. The highest BCUT2D eigenvalue weighted by Gasteiger charge is 2.42. The molecule has 5 atom stereocenters. The molecule has 0 aromatic heterocycles. The zero-order valence-electron chi connectivity index (χ0n) is 15.3. The molecule has 1 heterocycles. The Labute approximate surface area is 141 Å². The van der Waals surface area contributed by atoms with Gasteiger partial charge in [0.2, 0.25) is 0 Å². The lowest BCUT2D eigenvalue weighted by atomic mass is 9.92. The molecule has 3 rings (SSSR count). The molecule has 0 spiro atoms. The van der Waals surface area contributed by atoms with Gasteiger partial charge in [0.1, 0.15) is 5.60 Å². The Morgan fingerprint density at radius 2 is 1.96 bits per heavy atom. The number of ether oxygens (including phenoxy) is 1. The maximum Gasteiger partial charge on any atom is 0.410 e. The first kappa shape index (κ1) is 17.1. The minimum atomic E-state index is -0.403. The number of nitrogens with zero attached hydrogens (tertiary/aromatic N) is 1. The lowest BCUT2D eigenvalue weighted by Gasteiger charge is -2.34. The second-order valence-corrected chi connectivity index (χ2v) is 8.97. The number of carbonyl (C=O) groups excluding carboxylic acids is 1. The van der Waals surface area contributed by atoms with E-state index in [1.807, 2.05) is 25.7 Å². The third kappa shape index (κ3) is 4.20. The van der Waals surface area contributed by atoms with Crippen LogP contribution in [0.1, 0.15) is 66.2 Å². The molecule has 4 heteroatoms. The average molecular weight is 322 g/mol. The van der Waals surface area contributed by atoms with Gasteiger partial charge in [-0.3, -0.25) is 0 Å². The van der Waals surface area contributed by atoms with Crippen LogP contribution in [0.25, 0.3) is 0 Å². The van der Waals surface area contributed by atoms with Gasteiger partial charge in [-0.1, -0.05) is 13.3 Å². The maximum absolute atomic E-state index is 12.5. The summed E-state index contributed by atoms with van der Waals surface area (Å²) in [7, 11) is 0. The Kier molecular flexibility index (Phi) is 4.91. The predicted octanol–water partition coefficient (Wildman–Crippen LogP) is 3.80. The lowest BCUT2D eigenvalue weighted by molar-refractivity contribution is 0.0166. The summed E-state index contributed by atoms with van der Waals surface area (Å²) in [6.45, 7) is 10.2. The van der Waals surface area contributed by atoms with Crippen LogP contribution in [0.2, 0.25) is 0 Å². The summed E-state index contributed by atoms with van der Waals surface area (Å²) < 4.78 is 5.64. The third-order valence-electron chi connectivity index (χ3n) is 5.91. The van der Waals surface area contributed by atoms with Crippen LogP contribution in [0.15, 0.2) is 0 Å². The fraction of sp³-hybridized carbons (Fsp3) is 0.947. The van der Waals surface area contributed by atoms with E-state index in [2.05, 4.69) is 12.2 Å². The van der Waals surface area contributed by atoms with Crippen molar-refractivity contribution in [1.82, 2.24) is 10.2 Å². The van der Waals surface area contributed by atoms with Crippen molar-refractivity contribution in [3.63, 3.8) is 0 Å². The Morgan fingerprint density at radius 1 is 1.22 bits per heavy atom. The van der Waals surface area contributed by atoms with Crippen molar-refractivity contribution >= 4 is 6.09 Å². The van der Waals surface area contributed by atoms with E-state index in [0.717, 1.165) is 31.2 Å². The summed E-state index contributed by atoms with van der Waals surface area (Å²) in [5.41, 5.74) is -0.403. The van der Waals surface area contributed by atoms with Crippen molar-refractivity contribution in [2.24, 2.45) is 17.8 Å². The molecule has 1 N–H and O–H groups in total. The molecule has 132 valence electrons.